The SMILES string of the molecule is O=C(Nc1ccc2c3c(cccc13)CC2)c1ccc(Cl)c(Cl)c1. The number of benzene rings is 3. The first-order valence-corrected chi connectivity index (χ1v) is 8.19. The van der Waals surface area contributed by atoms with Crippen LogP contribution in [0.25, 0.3) is 10.8 Å². The zero-order chi connectivity index (χ0) is 16.0. The molecule has 0 aromatic heterocycles. The number of halogens is 2. The van der Waals surface area contributed by atoms with Crippen LogP contribution in [0, 0.1) is 0 Å². The second kappa shape index (κ2) is 5.55. The summed E-state index contributed by atoms with van der Waals surface area (Å²) in [7, 11) is 0. The van der Waals surface area contributed by atoms with Crippen molar-refractivity contribution in [3.63, 3.8) is 0 Å². The number of anilines is 1. The van der Waals surface area contributed by atoms with Crippen molar-refractivity contribution in [2.45, 2.75) is 12.8 Å². The molecule has 4 rings (SSSR count). The van der Waals surface area contributed by atoms with Gasteiger partial charge in [-0.2, -0.15) is 0 Å². The van der Waals surface area contributed by atoms with E-state index < -0.39 is 0 Å². The summed E-state index contributed by atoms with van der Waals surface area (Å²) < 4.78 is 0. The summed E-state index contributed by atoms with van der Waals surface area (Å²) >= 11 is 11.9. The smallest absolute Gasteiger partial charge is 0.255 e. The van der Waals surface area contributed by atoms with E-state index in [1.54, 1.807) is 18.2 Å². The summed E-state index contributed by atoms with van der Waals surface area (Å²) in [5.74, 6) is -0.192. The van der Waals surface area contributed by atoms with E-state index in [1.807, 2.05) is 12.1 Å². The Hall–Kier alpha value is -2.03. The zero-order valence-electron chi connectivity index (χ0n) is 12.2. The highest BCUT2D eigenvalue weighted by Gasteiger charge is 2.17. The van der Waals surface area contributed by atoms with Crippen molar-refractivity contribution in [2.75, 3.05) is 5.32 Å². The lowest BCUT2D eigenvalue weighted by atomic mass is 10.0. The average Bonchev–Trinajstić information content (AvgIpc) is 2.97. The predicted molar refractivity (Wildman–Crippen MR) is 95.8 cm³/mol. The van der Waals surface area contributed by atoms with Gasteiger partial charge in [0.05, 0.1) is 10.0 Å². The highest BCUT2D eigenvalue weighted by atomic mass is 35.5. The molecular weight excluding hydrogens is 329 g/mol. The van der Waals surface area contributed by atoms with Crippen LogP contribution in [0.2, 0.25) is 10.0 Å². The first-order chi connectivity index (χ1) is 11.1. The molecule has 0 atom stereocenters. The van der Waals surface area contributed by atoms with Crippen molar-refractivity contribution in [3.8, 4) is 0 Å². The third kappa shape index (κ3) is 2.48. The van der Waals surface area contributed by atoms with Crippen molar-refractivity contribution in [3.05, 3.63) is 75.3 Å². The molecule has 1 N–H and O–H groups in total. The fourth-order valence-electron chi connectivity index (χ4n) is 3.19. The largest absolute Gasteiger partial charge is 0.321 e. The topological polar surface area (TPSA) is 29.1 Å². The Morgan fingerprint density at radius 1 is 0.913 bits per heavy atom. The van der Waals surface area contributed by atoms with Crippen molar-refractivity contribution >= 4 is 45.6 Å². The third-order valence-corrected chi connectivity index (χ3v) is 5.05. The van der Waals surface area contributed by atoms with Gasteiger partial charge in [0, 0.05) is 16.6 Å². The van der Waals surface area contributed by atoms with Gasteiger partial charge in [0.25, 0.3) is 5.91 Å². The number of carbonyl (C=O) groups excluding carboxylic acids is 1. The van der Waals surface area contributed by atoms with E-state index in [2.05, 4.69) is 23.5 Å². The summed E-state index contributed by atoms with van der Waals surface area (Å²) in [6.45, 7) is 0. The predicted octanol–water partition coefficient (Wildman–Crippen LogP) is 5.50. The quantitative estimate of drug-likeness (QED) is 0.655. The summed E-state index contributed by atoms with van der Waals surface area (Å²) in [6, 6.07) is 15.2. The van der Waals surface area contributed by atoms with Gasteiger partial charge >= 0.3 is 0 Å². The molecule has 23 heavy (non-hydrogen) atoms. The van der Waals surface area contributed by atoms with Crippen LogP contribution in [0.5, 0.6) is 0 Å². The molecule has 0 saturated carbocycles. The summed E-state index contributed by atoms with van der Waals surface area (Å²) in [6.07, 6.45) is 2.13. The average molecular weight is 342 g/mol. The van der Waals surface area contributed by atoms with Crippen LogP contribution in [0.3, 0.4) is 0 Å². The lowest BCUT2D eigenvalue weighted by molar-refractivity contribution is 0.102. The van der Waals surface area contributed by atoms with Crippen molar-refractivity contribution in [1.82, 2.24) is 0 Å². The standard InChI is InChI=1S/C19H13Cl2NO/c20-15-8-6-13(10-16(15)21)19(23)22-17-9-7-12-5-4-11-2-1-3-14(17)18(11)12/h1-3,6-10H,4-5H2,(H,22,23). The van der Waals surface area contributed by atoms with Gasteiger partial charge in [-0.15, -0.1) is 0 Å². The molecule has 0 aliphatic heterocycles. The van der Waals surface area contributed by atoms with E-state index in [9.17, 15) is 4.79 Å². The second-order valence-corrected chi connectivity index (χ2v) is 6.51. The molecule has 0 fully saturated rings. The monoisotopic (exact) mass is 341 g/mol. The van der Waals surface area contributed by atoms with Crippen molar-refractivity contribution < 1.29 is 4.79 Å². The number of carbonyl (C=O) groups is 1. The molecule has 0 bridgehead atoms. The minimum Gasteiger partial charge on any atom is -0.321 e. The molecule has 0 spiro atoms. The van der Waals surface area contributed by atoms with Gasteiger partial charge < -0.3 is 5.32 Å². The van der Waals surface area contributed by atoms with Crippen LogP contribution in [-0.4, -0.2) is 5.91 Å². The highest BCUT2D eigenvalue weighted by molar-refractivity contribution is 6.42. The van der Waals surface area contributed by atoms with Crippen LogP contribution in [0.15, 0.2) is 48.5 Å². The van der Waals surface area contributed by atoms with Gasteiger partial charge in [0.1, 0.15) is 0 Å². The van der Waals surface area contributed by atoms with E-state index in [0.29, 0.717) is 15.6 Å². The Kier molecular flexibility index (Phi) is 3.51. The van der Waals surface area contributed by atoms with Crippen molar-refractivity contribution in [1.29, 1.82) is 0 Å². The van der Waals surface area contributed by atoms with Crippen LogP contribution in [0.1, 0.15) is 21.5 Å². The first kappa shape index (κ1) is 14.6. The number of hydrogen-bond acceptors (Lipinski definition) is 1. The number of amides is 1. The Morgan fingerprint density at radius 2 is 1.70 bits per heavy atom. The maximum Gasteiger partial charge on any atom is 0.255 e. The zero-order valence-corrected chi connectivity index (χ0v) is 13.7. The van der Waals surface area contributed by atoms with Crippen LogP contribution < -0.4 is 5.32 Å². The van der Waals surface area contributed by atoms with Gasteiger partial charge in [-0.05, 0) is 53.6 Å². The maximum atomic E-state index is 12.5. The van der Waals surface area contributed by atoms with E-state index in [4.69, 9.17) is 23.2 Å². The van der Waals surface area contributed by atoms with Crippen LogP contribution in [0.4, 0.5) is 5.69 Å². The summed E-state index contributed by atoms with van der Waals surface area (Å²) in [5.41, 5.74) is 4.01. The van der Waals surface area contributed by atoms with E-state index >= 15 is 0 Å². The number of rotatable bonds is 2. The fraction of sp³-hybridized carbons (Fsp3) is 0.105. The van der Waals surface area contributed by atoms with E-state index in [0.717, 1.165) is 23.9 Å². The molecular formula is C19H13Cl2NO. The van der Waals surface area contributed by atoms with Crippen molar-refractivity contribution in [2.24, 2.45) is 0 Å². The normalized spacial score (nSPS) is 12.6. The summed E-state index contributed by atoms with van der Waals surface area (Å²) in [5, 5.41) is 6.17. The van der Waals surface area contributed by atoms with Gasteiger partial charge in [-0.25, -0.2) is 0 Å². The van der Waals surface area contributed by atoms with E-state index in [1.165, 1.54) is 16.5 Å². The van der Waals surface area contributed by atoms with Gasteiger partial charge in [0.2, 0.25) is 0 Å². The second-order valence-electron chi connectivity index (χ2n) is 5.69. The van der Waals surface area contributed by atoms with Gasteiger partial charge in [-0.3, -0.25) is 4.79 Å². The Labute approximate surface area is 144 Å². The molecule has 1 aliphatic carbocycles. The lowest BCUT2D eigenvalue weighted by Gasteiger charge is -2.11. The molecule has 0 radical (unpaired) electrons. The molecule has 1 amide bonds. The molecule has 0 heterocycles. The molecule has 0 saturated heterocycles. The summed E-state index contributed by atoms with van der Waals surface area (Å²) in [4.78, 5) is 12.5. The number of hydrogen-bond donors (Lipinski definition) is 1. The minimum absolute atomic E-state index is 0.192. The Balaban J connectivity index is 1.73. The third-order valence-electron chi connectivity index (χ3n) is 4.31. The molecule has 3 aromatic rings. The molecule has 3 aromatic carbocycles. The minimum atomic E-state index is -0.192. The number of nitrogens with one attached hydrogen (secondary N) is 1. The number of aryl methyl sites for hydroxylation is 2. The van der Waals surface area contributed by atoms with Crippen LogP contribution in [-0.2, 0) is 12.8 Å². The van der Waals surface area contributed by atoms with Gasteiger partial charge in [-0.1, -0.05) is 47.5 Å². The van der Waals surface area contributed by atoms with Crippen LogP contribution >= 0.6 is 23.2 Å². The lowest BCUT2D eigenvalue weighted by Crippen LogP contribution is -2.12. The fourth-order valence-corrected chi connectivity index (χ4v) is 3.49. The molecule has 114 valence electrons. The maximum absolute atomic E-state index is 12.5. The Bertz CT molecular complexity index is 939. The molecule has 0 unspecified atom stereocenters. The molecule has 2 nitrogen and oxygen atoms in total. The molecule has 1 aliphatic rings. The first-order valence-electron chi connectivity index (χ1n) is 7.43. The highest BCUT2D eigenvalue weighted by Crippen LogP contribution is 2.35. The Morgan fingerprint density at radius 3 is 2.48 bits per heavy atom. The van der Waals surface area contributed by atoms with Gasteiger partial charge in [0.15, 0.2) is 0 Å². The molecule has 4 heteroatoms. The van der Waals surface area contributed by atoms with E-state index in [-0.39, 0.29) is 5.91 Å².